The summed E-state index contributed by atoms with van der Waals surface area (Å²) in [6.07, 6.45) is -4.48. The fourth-order valence-electron chi connectivity index (χ4n) is 3.93. The quantitative estimate of drug-likeness (QED) is 0.366. The van der Waals surface area contributed by atoms with Crippen LogP contribution in [0.2, 0.25) is 0 Å². The van der Waals surface area contributed by atoms with E-state index in [-0.39, 0.29) is 17.5 Å². The average molecular weight is 413 g/mol. The predicted molar refractivity (Wildman–Crippen MR) is 101 cm³/mol. The number of esters is 1. The summed E-state index contributed by atoms with van der Waals surface area (Å²) < 4.78 is 14.9. The number of carbonyl (C=O) groups is 3. The molecule has 0 saturated carbocycles. The van der Waals surface area contributed by atoms with Gasteiger partial charge in [0.15, 0.2) is 0 Å². The Morgan fingerprint density at radius 1 is 1.00 bits per heavy atom. The zero-order valence-electron chi connectivity index (χ0n) is 17.9. The number of aliphatic hydroxyl groups excluding tert-OH is 2. The van der Waals surface area contributed by atoms with Crippen LogP contribution in [0.5, 0.6) is 0 Å². The van der Waals surface area contributed by atoms with Gasteiger partial charge in [0, 0.05) is 12.8 Å². The Morgan fingerprint density at radius 3 is 2.07 bits per heavy atom. The number of hydrogen-bond acceptors (Lipinski definition) is 8. The molecule has 2 N–H and O–H groups in total. The maximum Gasteiger partial charge on any atom is 0.511 e. The number of nitrogens with zero attached hydrogens (tertiary/aromatic N) is 1. The van der Waals surface area contributed by atoms with Crippen LogP contribution in [-0.2, 0) is 23.8 Å². The number of fused-ring (bicyclic) bond motifs is 1. The molecule has 0 bridgehead atoms. The molecule has 1 fully saturated rings. The maximum atomic E-state index is 12.9. The molecule has 2 heterocycles. The van der Waals surface area contributed by atoms with E-state index in [1.54, 1.807) is 34.6 Å². The van der Waals surface area contributed by atoms with E-state index in [9.17, 15) is 24.6 Å². The van der Waals surface area contributed by atoms with E-state index in [2.05, 4.69) is 0 Å². The molecule has 9 nitrogen and oxygen atoms in total. The average Bonchev–Trinajstić information content (AvgIpc) is 2.81. The SMILES string of the molecule is CC(C)OC(=O)OC(C)OC(=O)C1=C([C@H](O)C(C)C)[C@H](C)[C@@H]2[C@@H]([C@@H](C)O)C(=O)N12. The van der Waals surface area contributed by atoms with Crippen LogP contribution >= 0.6 is 0 Å². The minimum Gasteiger partial charge on any atom is -0.431 e. The van der Waals surface area contributed by atoms with Crippen molar-refractivity contribution in [1.82, 2.24) is 4.90 Å². The van der Waals surface area contributed by atoms with E-state index in [1.165, 1.54) is 18.7 Å². The molecule has 1 amide bonds. The third-order valence-corrected chi connectivity index (χ3v) is 5.24. The molecule has 0 aromatic rings. The third-order valence-electron chi connectivity index (χ3n) is 5.24. The van der Waals surface area contributed by atoms with Gasteiger partial charge in [0.25, 0.3) is 0 Å². The Bertz CT molecular complexity index is 699. The minimum absolute atomic E-state index is 0.0433. The summed E-state index contributed by atoms with van der Waals surface area (Å²) in [4.78, 5) is 38.4. The van der Waals surface area contributed by atoms with E-state index in [0.29, 0.717) is 5.57 Å². The molecule has 0 spiro atoms. The Morgan fingerprint density at radius 2 is 1.59 bits per heavy atom. The molecule has 9 heteroatoms. The van der Waals surface area contributed by atoms with Crippen molar-refractivity contribution >= 4 is 18.0 Å². The number of rotatable bonds is 7. The molecule has 2 aliphatic rings. The molecular formula is C20H31NO8. The third kappa shape index (κ3) is 4.40. The summed E-state index contributed by atoms with van der Waals surface area (Å²) in [7, 11) is 0. The molecule has 0 radical (unpaired) electrons. The lowest BCUT2D eigenvalue weighted by Gasteiger charge is -2.46. The number of carbonyl (C=O) groups excluding carboxylic acids is 3. The van der Waals surface area contributed by atoms with Gasteiger partial charge in [0.05, 0.1) is 30.3 Å². The summed E-state index contributed by atoms with van der Waals surface area (Å²) in [5.41, 5.74) is 0.349. The van der Waals surface area contributed by atoms with Crippen molar-refractivity contribution in [1.29, 1.82) is 0 Å². The molecule has 1 saturated heterocycles. The Hall–Kier alpha value is -2.13. The van der Waals surface area contributed by atoms with E-state index in [1.807, 2.05) is 0 Å². The molecule has 164 valence electrons. The molecule has 2 aliphatic heterocycles. The van der Waals surface area contributed by atoms with Gasteiger partial charge >= 0.3 is 12.1 Å². The zero-order chi connectivity index (χ0) is 22.2. The van der Waals surface area contributed by atoms with Gasteiger partial charge in [-0.3, -0.25) is 4.79 Å². The molecule has 6 atom stereocenters. The normalized spacial score (nSPS) is 26.8. The lowest BCUT2D eigenvalue weighted by molar-refractivity contribution is -0.174. The van der Waals surface area contributed by atoms with Gasteiger partial charge in [-0.1, -0.05) is 20.8 Å². The van der Waals surface area contributed by atoms with Crippen molar-refractivity contribution in [3.05, 3.63) is 11.3 Å². The topological polar surface area (TPSA) is 123 Å². The van der Waals surface area contributed by atoms with Gasteiger partial charge < -0.3 is 29.3 Å². The van der Waals surface area contributed by atoms with Gasteiger partial charge in [0.2, 0.25) is 12.2 Å². The number of hydrogen-bond donors (Lipinski definition) is 2. The number of ether oxygens (including phenoxy) is 3. The van der Waals surface area contributed by atoms with Crippen molar-refractivity contribution in [2.45, 2.75) is 79.1 Å². The molecule has 29 heavy (non-hydrogen) atoms. The van der Waals surface area contributed by atoms with Crippen LogP contribution in [0, 0.1) is 17.8 Å². The molecule has 0 aromatic heterocycles. The highest BCUT2D eigenvalue weighted by Gasteiger charge is 2.61. The van der Waals surface area contributed by atoms with Crippen LogP contribution in [0.25, 0.3) is 0 Å². The second kappa shape index (κ2) is 8.71. The van der Waals surface area contributed by atoms with Crippen LogP contribution in [-0.4, -0.2) is 63.8 Å². The van der Waals surface area contributed by atoms with Gasteiger partial charge in [-0.2, -0.15) is 0 Å². The summed E-state index contributed by atoms with van der Waals surface area (Å²) in [5.74, 6) is -2.48. The smallest absolute Gasteiger partial charge is 0.431 e. The first kappa shape index (κ1) is 23.2. The number of amides is 1. The van der Waals surface area contributed by atoms with Crippen LogP contribution in [0.15, 0.2) is 11.3 Å². The second-order valence-electron chi connectivity index (χ2n) is 8.25. The molecule has 2 rings (SSSR count). The number of aliphatic hydroxyl groups is 2. The fraction of sp³-hybridized carbons (Fsp3) is 0.750. The summed E-state index contributed by atoms with van der Waals surface area (Å²) in [5, 5.41) is 20.7. The molecule has 0 aliphatic carbocycles. The summed E-state index contributed by atoms with van der Waals surface area (Å²) in [6.45, 7) is 11.6. The van der Waals surface area contributed by atoms with Crippen LogP contribution < -0.4 is 0 Å². The monoisotopic (exact) mass is 413 g/mol. The zero-order valence-corrected chi connectivity index (χ0v) is 17.9. The lowest BCUT2D eigenvalue weighted by Crippen LogP contribution is -2.63. The standard InChI is InChI=1S/C20H31NO8/c1-8(2)17(23)13-10(5)15-14(11(6)22)18(24)21(15)16(13)19(25)28-12(7)29-20(26)27-9(3)4/h8-12,14-15,17,22-23H,1-7H3/t10-,11+,12?,14+,15+,17+/m0/s1. The molecular weight excluding hydrogens is 382 g/mol. The van der Waals surface area contributed by atoms with Gasteiger partial charge in [-0.25, -0.2) is 9.59 Å². The van der Waals surface area contributed by atoms with Crippen LogP contribution in [0.4, 0.5) is 4.79 Å². The van der Waals surface area contributed by atoms with E-state index in [4.69, 9.17) is 14.2 Å². The maximum absolute atomic E-state index is 12.9. The Kier molecular flexibility index (Phi) is 6.95. The van der Waals surface area contributed by atoms with Crippen molar-refractivity contribution in [3.8, 4) is 0 Å². The second-order valence-corrected chi connectivity index (χ2v) is 8.25. The first-order valence-electron chi connectivity index (χ1n) is 9.89. The van der Waals surface area contributed by atoms with E-state index in [0.717, 1.165) is 0 Å². The first-order chi connectivity index (χ1) is 13.4. The largest absolute Gasteiger partial charge is 0.511 e. The van der Waals surface area contributed by atoms with E-state index < -0.39 is 54.6 Å². The van der Waals surface area contributed by atoms with Gasteiger partial charge in [0.1, 0.15) is 5.70 Å². The number of β-lactam (4-membered cyclic amide) rings is 1. The van der Waals surface area contributed by atoms with Crippen LogP contribution in [0.1, 0.15) is 48.5 Å². The first-order valence-corrected chi connectivity index (χ1v) is 9.89. The lowest BCUT2D eigenvalue weighted by atomic mass is 9.76. The highest BCUT2D eigenvalue weighted by molar-refractivity contribution is 6.01. The fourth-order valence-corrected chi connectivity index (χ4v) is 3.93. The van der Waals surface area contributed by atoms with Crippen molar-refractivity contribution in [3.63, 3.8) is 0 Å². The van der Waals surface area contributed by atoms with Crippen molar-refractivity contribution < 1.29 is 38.8 Å². The van der Waals surface area contributed by atoms with Gasteiger partial charge in [-0.05, 0) is 32.3 Å². The Balaban J connectivity index is 2.26. The molecule has 1 unspecified atom stereocenters. The van der Waals surface area contributed by atoms with Crippen molar-refractivity contribution in [2.75, 3.05) is 0 Å². The highest BCUT2D eigenvalue weighted by atomic mass is 16.8. The highest BCUT2D eigenvalue weighted by Crippen LogP contribution is 2.49. The summed E-state index contributed by atoms with van der Waals surface area (Å²) in [6, 6.07) is -0.435. The van der Waals surface area contributed by atoms with Crippen molar-refractivity contribution in [2.24, 2.45) is 17.8 Å². The molecule has 0 aromatic carbocycles. The van der Waals surface area contributed by atoms with Crippen LogP contribution in [0.3, 0.4) is 0 Å². The van der Waals surface area contributed by atoms with E-state index >= 15 is 0 Å². The summed E-state index contributed by atoms with van der Waals surface area (Å²) >= 11 is 0. The predicted octanol–water partition coefficient (Wildman–Crippen LogP) is 1.57. The Labute approximate surface area is 170 Å². The minimum atomic E-state index is -1.25. The van der Waals surface area contributed by atoms with Gasteiger partial charge in [-0.15, -0.1) is 0 Å².